The van der Waals surface area contributed by atoms with Gasteiger partial charge in [-0.15, -0.1) is 0 Å². The van der Waals surface area contributed by atoms with Crippen molar-refractivity contribution in [2.45, 2.75) is 38.2 Å². The molecule has 2 saturated heterocycles. The van der Waals surface area contributed by atoms with E-state index in [2.05, 4.69) is 15.4 Å². The fourth-order valence-corrected chi connectivity index (χ4v) is 4.39. The van der Waals surface area contributed by atoms with Crippen LogP contribution in [0.4, 0.5) is 13.2 Å². The van der Waals surface area contributed by atoms with Gasteiger partial charge in [0.05, 0.1) is 31.2 Å². The third-order valence-corrected chi connectivity index (χ3v) is 5.88. The van der Waals surface area contributed by atoms with Crippen molar-refractivity contribution in [3.05, 3.63) is 53.4 Å². The number of carbonyl (C=O) groups is 1. The number of piperidine rings is 1. The number of ether oxygens (including phenoxy) is 1. The lowest BCUT2D eigenvalue weighted by Gasteiger charge is -2.35. The van der Waals surface area contributed by atoms with Gasteiger partial charge in [0.25, 0.3) is 0 Å². The highest BCUT2D eigenvalue weighted by atomic mass is 19.4. The largest absolute Gasteiger partial charge is 0.416 e. The fourth-order valence-electron chi connectivity index (χ4n) is 4.39. The number of fused-ring (bicyclic) bond motifs is 1. The standard InChI is InChI=1S/C21H24F3N3O3/c22-21(23,24)16-3-1-2-14(8-16)11-27-6-4-18-15(12-27)13-29-19(18)9-20(28)25-10-17-5-7-30-26-17/h1-3,5,7-8,15,18-19H,4,6,9-13H2,(H,25,28)/t15-,18-,19+/m1/s1. The van der Waals surface area contributed by atoms with E-state index in [9.17, 15) is 18.0 Å². The minimum atomic E-state index is -4.33. The number of nitrogens with one attached hydrogen (secondary N) is 1. The second-order valence-corrected chi connectivity index (χ2v) is 7.99. The van der Waals surface area contributed by atoms with Gasteiger partial charge in [-0.2, -0.15) is 13.2 Å². The molecule has 30 heavy (non-hydrogen) atoms. The Morgan fingerprint density at radius 1 is 1.30 bits per heavy atom. The van der Waals surface area contributed by atoms with Gasteiger partial charge in [-0.25, -0.2) is 0 Å². The molecule has 2 aromatic rings. The molecule has 1 amide bonds. The summed E-state index contributed by atoms with van der Waals surface area (Å²) in [5, 5.41) is 6.58. The first kappa shape index (κ1) is 20.9. The molecule has 4 rings (SSSR count). The molecule has 1 N–H and O–H groups in total. The van der Waals surface area contributed by atoms with Crippen LogP contribution in [0.1, 0.15) is 29.7 Å². The van der Waals surface area contributed by atoms with E-state index in [0.717, 1.165) is 25.6 Å². The summed E-state index contributed by atoms with van der Waals surface area (Å²) in [6.07, 6.45) is -1.83. The quantitative estimate of drug-likeness (QED) is 0.773. The lowest BCUT2D eigenvalue weighted by molar-refractivity contribution is -0.137. The lowest BCUT2D eigenvalue weighted by atomic mass is 9.83. The van der Waals surface area contributed by atoms with E-state index in [1.165, 1.54) is 18.4 Å². The summed E-state index contributed by atoms with van der Waals surface area (Å²) in [7, 11) is 0. The van der Waals surface area contributed by atoms with Gasteiger partial charge in [-0.1, -0.05) is 23.4 Å². The molecule has 0 aliphatic carbocycles. The molecule has 2 aliphatic rings. The zero-order chi connectivity index (χ0) is 21.1. The van der Waals surface area contributed by atoms with Gasteiger partial charge in [0.2, 0.25) is 5.91 Å². The average molecular weight is 423 g/mol. The molecule has 2 fully saturated rings. The molecule has 0 saturated carbocycles. The van der Waals surface area contributed by atoms with Gasteiger partial charge in [0.1, 0.15) is 12.0 Å². The molecule has 0 bridgehead atoms. The van der Waals surface area contributed by atoms with Crippen LogP contribution >= 0.6 is 0 Å². The molecule has 6 nitrogen and oxygen atoms in total. The van der Waals surface area contributed by atoms with Gasteiger partial charge in [0.15, 0.2) is 0 Å². The number of benzene rings is 1. The first-order valence-electron chi connectivity index (χ1n) is 10.0. The van der Waals surface area contributed by atoms with Crippen LogP contribution in [0, 0.1) is 11.8 Å². The first-order chi connectivity index (χ1) is 14.4. The fraction of sp³-hybridized carbons (Fsp3) is 0.524. The Balaban J connectivity index is 1.27. The molecule has 2 aliphatic heterocycles. The maximum atomic E-state index is 12.9. The van der Waals surface area contributed by atoms with Gasteiger partial charge in [-0.3, -0.25) is 9.69 Å². The van der Waals surface area contributed by atoms with Crippen LogP contribution in [0.25, 0.3) is 0 Å². The Morgan fingerprint density at radius 2 is 2.17 bits per heavy atom. The maximum Gasteiger partial charge on any atom is 0.416 e. The highest BCUT2D eigenvalue weighted by Crippen LogP contribution is 2.36. The van der Waals surface area contributed by atoms with E-state index in [0.29, 0.717) is 43.3 Å². The Labute approximate surface area is 172 Å². The molecule has 162 valence electrons. The topological polar surface area (TPSA) is 67.6 Å². The van der Waals surface area contributed by atoms with Crippen molar-refractivity contribution in [3.63, 3.8) is 0 Å². The third-order valence-electron chi connectivity index (χ3n) is 5.88. The minimum Gasteiger partial charge on any atom is -0.377 e. The monoisotopic (exact) mass is 423 g/mol. The van der Waals surface area contributed by atoms with Crippen LogP contribution in [-0.2, 0) is 28.8 Å². The Bertz CT molecular complexity index is 857. The van der Waals surface area contributed by atoms with Crippen molar-refractivity contribution in [2.75, 3.05) is 19.7 Å². The van der Waals surface area contributed by atoms with Crippen molar-refractivity contribution in [3.8, 4) is 0 Å². The number of nitrogens with zero attached hydrogens (tertiary/aromatic N) is 2. The van der Waals surface area contributed by atoms with Crippen molar-refractivity contribution in [1.82, 2.24) is 15.4 Å². The summed E-state index contributed by atoms with van der Waals surface area (Å²) in [4.78, 5) is 14.4. The number of likely N-dealkylation sites (tertiary alicyclic amines) is 1. The van der Waals surface area contributed by atoms with Crippen LogP contribution in [0.3, 0.4) is 0 Å². The van der Waals surface area contributed by atoms with Gasteiger partial charge in [-0.05, 0) is 30.5 Å². The zero-order valence-corrected chi connectivity index (χ0v) is 16.4. The summed E-state index contributed by atoms with van der Waals surface area (Å²) in [6, 6.07) is 7.20. The Hall–Kier alpha value is -2.39. The molecule has 0 radical (unpaired) electrons. The van der Waals surface area contributed by atoms with Crippen molar-refractivity contribution in [1.29, 1.82) is 0 Å². The van der Waals surface area contributed by atoms with E-state index in [4.69, 9.17) is 9.26 Å². The van der Waals surface area contributed by atoms with E-state index in [1.807, 2.05) is 0 Å². The van der Waals surface area contributed by atoms with E-state index in [1.54, 1.807) is 12.1 Å². The summed E-state index contributed by atoms with van der Waals surface area (Å²) in [5.74, 6) is 0.494. The number of alkyl halides is 3. The molecule has 1 aromatic heterocycles. The number of aromatic nitrogens is 1. The Morgan fingerprint density at radius 3 is 2.93 bits per heavy atom. The van der Waals surface area contributed by atoms with Gasteiger partial charge < -0.3 is 14.6 Å². The number of halogens is 3. The molecule has 0 unspecified atom stereocenters. The summed E-state index contributed by atoms with van der Waals surface area (Å²) < 4.78 is 49.4. The molecule has 1 aromatic carbocycles. The van der Waals surface area contributed by atoms with Crippen LogP contribution in [-0.4, -0.2) is 41.8 Å². The summed E-state index contributed by atoms with van der Waals surface area (Å²) >= 11 is 0. The zero-order valence-electron chi connectivity index (χ0n) is 16.4. The normalized spacial score (nSPS) is 24.6. The molecular formula is C21H24F3N3O3. The molecule has 9 heteroatoms. The highest BCUT2D eigenvalue weighted by Gasteiger charge is 2.41. The van der Waals surface area contributed by atoms with Crippen LogP contribution in [0.2, 0.25) is 0 Å². The third kappa shape index (κ3) is 5.02. The second-order valence-electron chi connectivity index (χ2n) is 7.99. The van der Waals surface area contributed by atoms with Gasteiger partial charge >= 0.3 is 6.18 Å². The summed E-state index contributed by atoms with van der Waals surface area (Å²) in [6.45, 7) is 2.91. The van der Waals surface area contributed by atoms with E-state index in [-0.39, 0.29) is 17.9 Å². The average Bonchev–Trinajstić information content (AvgIpc) is 3.36. The SMILES string of the molecule is O=C(C[C@@H]1OC[C@H]2CN(Cc3cccc(C(F)(F)F)c3)CC[C@H]21)NCc1ccon1. The van der Waals surface area contributed by atoms with Crippen molar-refractivity contribution >= 4 is 5.91 Å². The Kier molecular flexibility index (Phi) is 6.10. The summed E-state index contributed by atoms with van der Waals surface area (Å²) in [5.41, 5.74) is 0.707. The first-order valence-corrected chi connectivity index (χ1v) is 10.0. The number of carbonyl (C=O) groups excluding carboxylic acids is 1. The van der Waals surface area contributed by atoms with E-state index >= 15 is 0 Å². The smallest absolute Gasteiger partial charge is 0.377 e. The van der Waals surface area contributed by atoms with Crippen LogP contribution in [0.5, 0.6) is 0 Å². The predicted molar refractivity (Wildman–Crippen MR) is 101 cm³/mol. The number of hydrogen-bond donors (Lipinski definition) is 1. The number of rotatable bonds is 6. The lowest BCUT2D eigenvalue weighted by Crippen LogP contribution is -2.41. The molecule has 3 atom stereocenters. The van der Waals surface area contributed by atoms with E-state index < -0.39 is 11.7 Å². The van der Waals surface area contributed by atoms with Crippen molar-refractivity contribution < 1.29 is 27.2 Å². The number of hydrogen-bond acceptors (Lipinski definition) is 5. The predicted octanol–water partition coefficient (Wildman–Crippen LogP) is 3.24. The second kappa shape index (κ2) is 8.77. The molecule has 0 spiro atoms. The highest BCUT2D eigenvalue weighted by molar-refractivity contribution is 5.76. The van der Waals surface area contributed by atoms with Crippen LogP contribution in [0.15, 0.2) is 41.1 Å². The van der Waals surface area contributed by atoms with Crippen molar-refractivity contribution in [2.24, 2.45) is 11.8 Å². The van der Waals surface area contributed by atoms with Crippen LogP contribution < -0.4 is 5.32 Å². The molecule has 3 heterocycles. The minimum absolute atomic E-state index is 0.0879. The number of amides is 1. The van der Waals surface area contributed by atoms with Gasteiger partial charge in [0, 0.05) is 25.1 Å². The molecular weight excluding hydrogens is 399 g/mol. The maximum absolute atomic E-state index is 12.9.